The molecule has 1 aliphatic heterocycles. The predicted octanol–water partition coefficient (Wildman–Crippen LogP) is 3.66. The third-order valence-electron chi connectivity index (χ3n) is 5.68. The molecule has 0 spiro atoms. The van der Waals surface area contributed by atoms with E-state index < -0.39 is 10.0 Å². The van der Waals surface area contributed by atoms with Crippen molar-refractivity contribution in [2.24, 2.45) is 0 Å². The lowest BCUT2D eigenvalue weighted by Crippen LogP contribution is -2.36. The molecule has 2 heterocycles. The average Bonchev–Trinajstić information content (AvgIpc) is 3.55. The maximum atomic E-state index is 12.7. The van der Waals surface area contributed by atoms with E-state index in [-0.39, 0.29) is 16.8 Å². The molecule has 1 aliphatic rings. The summed E-state index contributed by atoms with van der Waals surface area (Å²) in [5.74, 6) is 1.19. The van der Waals surface area contributed by atoms with Crippen LogP contribution in [0.2, 0.25) is 0 Å². The third-order valence-corrected chi connectivity index (χ3v) is 7.08. The van der Waals surface area contributed by atoms with Crippen LogP contribution in [0, 0.1) is 0 Å². The SMILES string of the molecule is COc1ccc(NS(=O)(=O)c2ccc(C(=O)NC[C@H](c3ccco3)N3CCCC3)cc2)cc1. The Morgan fingerprint density at radius 3 is 2.36 bits per heavy atom. The highest BCUT2D eigenvalue weighted by molar-refractivity contribution is 7.92. The van der Waals surface area contributed by atoms with Crippen molar-refractivity contribution in [2.45, 2.75) is 23.8 Å². The topological polar surface area (TPSA) is 101 Å². The largest absolute Gasteiger partial charge is 0.497 e. The van der Waals surface area contributed by atoms with Gasteiger partial charge < -0.3 is 14.5 Å². The van der Waals surface area contributed by atoms with Crippen LogP contribution in [0.5, 0.6) is 5.75 Å². The van der Waals surface area contributed by atoms with Gasteiger partial charge in [0.05, 0.1) is 24.3 Å². The van der Waals surface area contributed by atoms with Gasteiger partial charge in [-0.2, -0.15) is 0 Å². The number of amides is 1. The highest BCUT2D eigenvalue weighted by atomic mass is 32.2. The van der Waals surface area contributed by atoms with Crippen molar-refractivity contribution in [3.8, 4) is 5.75 Å². The summed E-state index contributed by atoms with van der Waals surface area (Å²) in [6, 6.07) is 16.2. The van der Waals surface area contributed by atoms with Gasteiger partial charge in [0.15, 0.2) is 0 Å². The maximum Gasteiger partial charge on any atom is 0.261 e. The first-order valence-electron chi connectivity index (χ1n) is 10.8. The van der Waals surface area contributed by atoms with Gasteiger partial charge in [-0.3, -0.25) is 14.4 Å². The van der Waals surface area contributed by atoms with E-state index in [1.54, 1.807) is 37.6 Å². The molecule has 8 nitrogen and oxygen atoms in total. The van der Waals surface area contributed by atoms with Crippen LogP contribution in [-0.2, 0) is 10.0 Å². The number of nitrogens with zero attached hydrogens (tertiary/aromatic N) is 1. The molecule has 0 aliphatic carbocycles. The molecule has 1 aromatic heterocycles. The average molecular weight is 470 g/mol. The number of nitrogens with one attached hydrogen (secondary N) is 2. The number of furan rings is 1. The quantitative estimate of drug-likeness (QED) is 0.496. The Hall–Kier alpha value is -3.30. The van der Waals surface area contributed by atoms with E-state index in [0.717, 1.165) is 31.7 Å². The van der Waals surface area contributed by atoms with Gasteiger partial charge in [0.25, 0.3) is 15.9 Å². The Bertz CT molecular complexity index is 1150. The van der Waals surface area contributed by atoms with Crippen molar-refractivity contribution in [1.82, 2.24) is 10.2 Å². The highest BCUT2D eigenvalue weighted by Crippen LogP contribution is 2.25. The van der Waals surface area contributed by atoms with Crippen LogP contribution in [-0.4, -0.2) is 46.0 Å². The number of ether oxygens (including phenoxy) is 1. The van der Waals surface area contributed by atoms with Crippen LogP contribution >= 0.6 is 0 Å². The Balaban J connectivity index is 1.39. The Morgan fingerprint density at radius 2 is 1.76 bits per heavy atom. The number of rotatable bonds is 9. The minimum absolute atomic E-state index is 0.0280. The zero-order valence-electron chi connectivity index (χ0n) is 18.4. The Kier molecular flexibility index (Phi) is 7.00. The van der Waals surface area contributed by atoms with E-state index in [9.17, 15) is 13.2 Å². The summed E-state index contributed by atoms with van der Waals surface area (Å²) in [6.45, 7) is 2.34. The normalized spacial score (nSPS) is 15.2. The second kappa shape index (κ2) is 10.1. The number of carbonyl (C=O) groups is 1. The van der Waals surface area contributed by atoms with Crippen molar-refractivity contribution < 1.29 is 22.4 Å². The van der Waals surface area contributed by atoms with Gasteiger partial charge in [-0.25, -0.2) is 8.42 Å². The molecular weight excluding hydrogens is 442 g/mol. The van der Waals surface area contributed by atoms with E-state index in [2.05, 4.69) is 14.9 Å². The summed E-state index contributed by atoms with van der Waals surface area (Å²) in [6.07, 6.45) is 3.90. The number of carbonyl (C=O) groups excluding carboxylic acids is 1. The molecule has 0 bridgehead atoms. The number of sulfonamides is 1. The molecule has 0 unspecified atom stereocenters. The first-order chi connectivity index (χ1) is 16.0. The van der Waals surface area contributed by atoms with E-state index in [1.165, 1.54) is 24.3 Å². The summed E-state index contributed by atoms with van der Waals surface area (Å²) < 4.78 is 38.5. The van der Waals surface area contributed by atoms with Gasteiger partial charge in [0, 0.05) is 17.8 Å². The molecule has 1 amide bonds. The fraction of sp³-hybridized carbons (Fsp3) is 0.292. The summed E-state index contributed by atoms with van der Waals surface area (Å²) in [5.41, 5.74) is 0.807. The lowest BCUT2D eigenvalue weighted by atomic mass is 10.1. The summed E-state index contributed by atoms with van der Waals surface area (Å²) in [7, 11) is -2.24. The highest BCUT2D eigenvalue weighted by Gasteiger charge is 2.26. The molecule has 1 atom stereocenters. The molecule has 1 saturated heterocycles. The molecule has 1 fully saturated rings. The van der Waals surface area contributed by atoms with Crippen molar-refractivity contribution in [3.63, 3.8) is 0 Å². The van der Waals surface area contributed by atoms with Crippen LogP contribution < -0.4 is 14.8 Å². The van der Waals surface area contributed by atoms with Crippen LogP contribution in [0.15, 0.2) is 76.2 Å². The summed E-state index contributed by atoms with van der Waals surface area (Å²) in [4.78, 5) is 15.1. The van der Waals surface area contributed by atoms with Crippen LogP contribution in [0.1, 0.15) is 35.0 Å². The van der Waals surface area contributed by atoms with Crippen molar-refractivity contribution in [2.75, 3.05) is 31.5 Å². The zero-order valence-corrected chi connectivity index (χ0v) is 19.2. The Morgan fingerprint density at radius 1 is 1.06 bits per heavy atom. The molecule has 0 saturated carbocycles. The van der Waals surface area contributed by atoms with Gasteiger partial charge in [0.2, 0.25) is 0 Å². The van der Waals surface area contributed by atoms with Gasteiger partial charge >= 0.3 is 0 Å². The monoisotopic (exact) mass is 469 g/mol. The third kappa shape index (κ3) is 5.55. The number of benzene rings is 2. The van der Waals surface area contributed by atoms with E-state index >= 15 is 0 Å². The lowest BCUT2D eigenvalue weighted by molar-refractivity contribution is 0.0933. The van der Waals surface area contributed by atoms with E-state index in [1.807, 2.05) is 12.1 Å². The summed E-state index contributed by atoms with van der Waals surface area (Å²) in [5, 5.41) is 2.96. The maximum absolute atomic E-state index is 12.7. The first kappa shape index (κ1) is 22.9. The smallest absolute Gasteiger partial charge is 0.261 e. The molecule has 174 valence electrons. The van der Waals surface area contributed by atoms with Crippen LogP contribution in [0.4, 0.5) is 5.69 Å². The molecule has 2 N–H and O–H groups in total. The van der Waals surface area contributed by atoms with E-state index in [0.29, 0.717) is 23.5 Å². The molecule has 2 aromatic carbocycles. The summed E-state index contributed by atoms with van der Waals surface area (Å²) >= 11 is 0. The minimum Gasteiger partial charge on any atom is -0.497 e. The molecule has 0 radical (unpaired) electrons. The first-order valence-corrected chi connectivity index (χ1v) is 12.3. The van der Waals surface area contributed by atoms with Gasteiger partial charge in [-0.15, -0.1) is 0 Å². The van der Waals surface area contributed by atoms with Crippen molar-refractivity contribution in [1.29, 1.82) is 0 Å². The lowest BCUT2D eigenvalue weighted by Gasteiger charge is -2.26. The van der Waals surface area contributed by atoms with Gasteiger partial charge in [-0.05, 0) is 86.6 Å². The fourth-order valence-electron chi connectivity index (χ4n) is 3.89. The number of anilines is 1. The Labute approximate surface area is 193 Å². The standard InChI is InChI=1S/C24H27N3O5S/c1-31-20-10-8-19(9-11-20)26-33(29,30)21-12-6-18(7-13-21)24(28)25-17-22(23-5-4-16-32-23)27-14-2-3-15-27/h4-13,16,22,26H,2-3,14-15,17H2,1H3,(H,25,28)/t22-/m1/s1. The molecule has 3 aromatic rings. The second-order valence-corrected chi connectivity index (χ2v) is 9.53. The number of hydrogen-bond acceptors (Lipinski definition) is 6. The minimum atomic E-state index is -3.78. The molecule has 4 rings (SSSR count). The van der Waals surface area contributed by atoms with Gasteiger partial charge in [0.1, 0.15) is 11.5 Å². The van der Waals surface area contributed by atoms with Crippen molar-refractivity contribution >= 4 is 21.6 Å². The van der Waals surface area contributed by atoms with E-state index in [4.69, 9.17) is 9.15 Å². The van der Waals surface area contributed by atoms with Gasteiger partial charge in [-0.1, -0.05) is 0 Å². The number of methoxy groups -OCH3 is 1. The zero-order chi connectivity index (χ0) is 23.3. The predicted molar refractivity (Wildman–Crippen MR) is 125 cm³/mol. The van der Waals surface area contributed by atoms with Crippen molar-refractivity contribution in [3.05, 3.63) is 78.3 Å². The molecule has 33 heavy (non-hydrogen) atoms. The fourth-order valence-corrected chi connectivity index (χ4v) is 4.95. The number of hydrogen-bond donors (Lipinski definition) is 2. The number of likely N-dealkylation sites (tertiary alicyclic amines) is 1. The van der Waals surface area contributed by atoms with Crippen LogP contribution in [0.3, 0.4) is 0 Å². The molecule has 9 heteroatoms. The second-order valence-electron chi connectivity index (χ2n) is 7.84. The molecular formula is C24H27N3O5S. The van der Waals surface area contributed by atoms with Crippen LogP contribution in [0.25, 0.3) is 0 Å².